The normalized spacial score (nSPS) is 15.2. The van der Waals surface area contributed by atoms with Crippen LogP contribution in [0.3, 0.4) is 0 Å². The summed E-state index contributed by atoms with van der Waals surface area (Å²) in [6.45, 7) is 10.7. The molecule has 0 saturated heterocycles. The zero-order valence-corrected chi connectivity index (χ0v) is 35.9. The average Bonchev–Trinajstić information content (AvgIpc) is 3.46. The lowest BCUT2D eigenvalue weighted by atomic mass is 9.91. The molecule has 0 aliphatic heterocycles. The molecule has 1 fully saturated rings. The van der Waals surface area contributed by atoms with Crippen molar-refractivity contribution in [2.45, 2.75) is 160 Å². The Hall–Kier alpha value is -4.97. The first-order valence-corrected chi connectivity index (χ1v) is 21.2. The van der Waals surface area contributed by atoms with Crippen molar-refractivity contribution in [2.24, 2.45) is 5.73 Å². The maximum absolute atomic E-state index is 13.5. The first-order chi connectivity index (χ1) is 28.0. The Labute approximate surface area is 350 Å². The summed E-state index contributed by atoms with van der Waals surface area (Å²) in [5.41, 5.74) is 7.74. The molecule has 0 radical (unpaired) electrons. The van der Waals surface area contributed by atoms with E-state index in [9.17, 15) is 24.0 Å². The molecule has 5 N–H and O–H groups in total. The van der Waals surface area contributed by atoms with E-state index in [0.29, 0.717) is 31.7 Å². The number of amides is 3. The van der Waals surface area contributed by atoms with E-state index in [1.165, 1.54) is 44.1 Å². The van der Waals surface area contributed by atoms with Crippen LogP contribution in [0, 0.1) is 0 Å². The van der Waals surface area contributed by atoms with Crippen LogP contribution >= 0.6 is 0 Å². The number of ether oxygens (including phenoxy) is 3. The van der Waals surface area contributed by atoms with Gasteiger partial charge in [-0.05, 0) is 120 Å². The number of nitrogens with one attached hydrogen (secondary N) is 3. The largest absolute Gasteiger partial charge is 0.460 e. The summed E-state index contributed by atoms with van der Waals surface area (Å²) >= 11 is 0. The summed E-state index contributed by atoms with van der Waals surface area (Å²) in [7, 11) is 0. The molecule has 0 bridgehead atoms. The molecule has 12 heteroatoms. The maximum atomic E-state index is 13.5. The number of unbranched alkanes of at least 4 members (excludes halogenated alkanes) is 1. The first kappa shape index (κ1) is 46.7. The fraction of sp³-hybridized carbons (Fsp3) is 0.553. The van der Waals surface area contributed by atoms with Crippen LogP contribution in [0.5, 0.6) is 0 Å². The molecular formula is C47H66N4O8. The van der Waals surface area contributed by atoms with Crippen LogP contribution in [-0.4, -0.2) is 65.7 Å². The molecule has 3 atom stereocenters. The molecule has 59 heavy (non-hydrogen) atoms. The van der Waals surface area contributed by atoms with Crippen LogP contribution in [-0.2, 0) is 46.4 Å². The Morgan fingerprint density at radius 2 is 1.32 bits per heavy atom. The van der Waals surface area contributed by atoms with E-state index in [1.807, 2.05) is 54.6 Å². The Morgan fingerprint density at radius 1 is 0.712 bits per heavy atom. The van der Waals surface area contributed by atoms with Crippen molar-refractivity contribution in [2.75, 3.05) is 6.54 Å². The zero-order chi connectivity index (χ0) is 43.0. The predicted molar refractivity (Wildman–Crippen MR) is 229 cm³/mol. The van der Waals surface area contributed by atoms with E-state index >= 15 is 0 Å². The van der Waals surface area contributed by atoms with E-state index < -0.39 is 53.3 Å². The van der Waals surface area contributed by atoms with E-state index in [0.717, 1.165) is 21.9 Å². The highest BCUT2D eigenvalue weighted by Gasteiger charge is 2.30. The smallest absolute Gasteiger partial charge is 0.329 e. The Morgan fingerprint density at radius 3 is 1.97 bits per heavy atom. The van der Waals surface area contributed by atoms with Gasteiger partial charge in [0.1, 0.15) is 29.9 Å². The van der Waals surface area contributed by atoms with Crippen LogP contribution < -0.4 is 21.7 Å². The number of urea groups is 1. The topological polar surface area (TPSA) is 175 Å². The van der Waals surface area contributed by atoms with Crippen LogP contribution in [0.15, 0.2) is 66.7 Å². The monoisotopic (exact) mass is 814 g/mol. The summed E-state index contributed by atoms with van der Waals surface area (Å²) in [6.07, 6.45) is 8.68. The van der Waals surface area contributed by atoms with Crippen molar-refractivity contribution in [3.63, 3.8) is 0 Å². The third kappa shape index (κ3) is 17.0. The van der Waals surface area contributed by atoms with Crippen LogP contribution in [0.1, 0.15) is 135 Å². The molecule has 4 rings (SSSR count). The van der Waals surface area contributed by atoms with Gasteiger partial charge in [0.2, 0.25) is 5.91 Å². The zero-order valence-electron chi connectivity index (χ0n) is 35.9. The highest BCUT2D eigenvalue weighted by Crippen LogP contribution is 2.31. The third-order valence-electron chi connectivity index (χ3n) is 10.2. The van der Waals surface area contributed by atoms with E-state index in [2.05, 4.69) is 28.1 Å². The molecule has 1 saturated carbocycles. The van der Waals surface area contributed by atoms with Gasteiger partial charge in [0, 0.05) is 13.0 Å². The summed E-state index contributed by atoms with van der Waals surface area (Å²) < 4.78 is 16.7. The number of rotatable bonds is 18. The molecule has 0 heterocycles. The quantitative estimate of drug-likeness (QED) is 0.0435. The van der Waals surface area contributed by atoms with Crippen molar-refractivity contribution in [1.29, 1.82) is 0 Å². The van der Waals surface area contributed by atoms with Gasteiger partial charge in [0.25, 0.3) is 0 Å². The highest BCUT2D eigenvalue weighted by atomic mass is 16.6. The first-order valence-electron chi connectivity index (χ1n) is 21.2. The van der Waals surface area contributed by atoms with E-state index in [4.69, 9.17) is 19.9 Å². The van der Waals surface area contributed by atoms with Gasteiger partial charge >= 0.3 is 23.9 Å². The minimum atomic E-state index is -1.21. The minimum Gasteiger partial charge on any atom is -0.460 e. The summed E-state index contributed by atoms with van der Waals surface area (Å²) in [4.78, 5) is 65.6. The Bertz CT molecular complexity index is 1840. The Balaban J connectivity index is 1.32. The number of carbonyl (C=O) groups excluding carboxylic acids is 5. The molecule has 0 spiro atoms. The summed E-state index contributed by atoms with van der Waals surface area (Å²) in [6, 6.07) is 18.3. The van der Waals surface area contributed by atoms with Crippen molar-refractivity contribution >= 4 is 40.6 Å². The molecular weight excluding hydrogens is 749 g/mol. The number of hydrogen-bond acceptors (Lipinski definition) is 9. The number of nitrogens with two attached hydrogens (primary N) is 1. The van der Waals surface area contributed by atoms with Crippen LogP contribution in [0.4, 0.5) is 4.79 Å². The fourth-order valence-corrected chi connectivity index (χ4v) is 7.17. The summed E-state index contributed by atoms with van der Waals surface area (Å²) in [5, 5.41) is 10.4. The standard InChI is InChI=1S/C47H66N4O8/c1-46(2,3)58-41(52)27-26-40(43(54)57-31-32-20-23-36(24-21-32)34-15-9-7-8-10-16-34)51-45(56)50-39(44(55)59-47(4,5)6)19-13-14-28-49-42(53)38(48)30-33-22-25-35-17-11-12-18-37(35)29-33/h11-12,17-18,20-25,29,34,38-40H,7-10,13-16,19,26-28,30-31,48H2,1-6H3,(H,49,53)(H2,50,51,56). The number of esters is 3. The van der Waals surface area contributed by atoms with Gasteiger partial charge in [0.15, 0.2) is 0 Å². The molecule has 3 aromatic rings. The highest BCUT2D eigenvalue weighted by molar-refractivity contribution is 5.88. The second kappa shape index (κ2) is 22.4. The van der Waals surface area contributed by atoms with Gasteiger partial charge in [-0.15, -0.1) is 0 Å². The van der Waals surface area contributed by atoms with Gasteiger partial charge in [-0.25, -0.2) is 14.4 Å². The molecule has 1 aliphatic carbocycles. The SMILES string of the molecule is CC(C)(C)OC(=O)CCC(NC(=O)NC(CCCCNC(=O)C(N)Cc1ccc2ccccc2c1)C(=O)OC(C)(C)C)C(=O)OCc1ccc(C2CCCCCC2)cc1. The van der Waals surface area contributed by atoms with Gasteiger partial charge < -0.3 is 35.9 Å². The van der Waals surface area contributed by atoms with E-state index in [-0.39, 0.29) is 31.8 Å². The fourth-order valence-electron chi connectivity index (χ4n) is 7.17. The Kier molecular flexibility index (Phi) is 17.7. The molecule has 3 aromatic carbocycles. The van der Waals surface area contributed by atoms with Crippen molar-refractivity contribution in [3.05, 3.63) is 83.4 Å². The average molecular weight is 815 g/mol. The van der Waals surface area contributed by atoms with Gasteiger partial charge in [0.05, 0.1) is 6.04 Å². The molecule has 12 nitrogen and oxygen atoms in total. The van der Waals surface area contributed by atoms with Gasteiger partial charge in [-0.2, -0.15) is 0 Å². The molecule has 1 aliphatic rings. The molecule has 0 aromatic heterocycles. The number of benzene rings is 3. The number of carbonyl (C=O) groups is 5. The predicted octanol–water partition coefficient (Wildman–Crippen LogP) is 7.68. The number of fused-ring (bicyclic) bond motifs is 1. The minimum absolute atomic E-state index is 0.0125. The molecule has 3 amide bonds. The van der Waals surface area contributed by atoms with Gasteiger partial charge in [-0.3, -0.25) is 9.59 Å². The molecule has 322 valence electrons. The van der Waals surface area contributed by atoms with Crippen molar-refractivity contribution in [3.8, 4) is 0 Å². The van der Waals surface area contributed by atoms with Gasteiger partial charge in [-0.1, -0.05) is 92.4 Å². The second-order valence-corrected chi connectivity index (χ2v) is 17.7. The van der Waals surface area contributed by atoms with Crippen molar-refractivity contribution in [1.82, 2.24) is 16.0 Å². The van der Waals surface area contributed by atoms with Crippen molar-refractivity contribution < 1.29 is 38.2 Å². The molecule has 3 unspecified atom stereocenters. The lowest BCUT2D eigenvalue weighted by Crippen LogP contribution is -2.52. The third-order valence-corrected chi connectivity index (χ3v) is 10.2. The maximum Gasteiger partial charge on any atom is 0.329 e. The second-order valence-electron chi connectivity index (χ2n) is 17.7. The summed E-state index contributed by atoms with van der Waals surface area (Å²) in [5.74, 6) is -1.64. The van der Waals surface area contributed by atoms with E-state index in [1.54, 1.807) is 41.5 Å². The number of hydrogen-bond donors (Lipinski definition) is 4. The lowest BCUT2D eigenvalue weighted by Gasteiger charge is -2.26. The lowest BCUT2D eigenvalue weighted by molar-refractivity contribution is -0.157. The van der Waals surface area contributed by atoms with Crippen LogP contribution in [0.2, 0.25) is 0 Å². The van der Waals surface area contributed by atoms with Crippen LogP contribution in [0.25, 0.3) is 10.8 Å².